The largest absolute Gasteiger partial charge is 0.477 e. The third-order valence-electron chi connectivity index (χ3n) is 7.25. The molecule has 0 saturated carbocycles. The van der Waals surface area contributed by atoms with Crippen LogP contribution >= 0.6 is 0 Å². The summed E-state index contributed by atoms with van der Waals surface area (Å²) in [7, 11) is 0. The van der Waals surface area contributed by atoms with Gasteiger partial charge in [0, 0.05) is 55.9 Å². The Hall–Kier alpha value is -4.07. The van der Waals surface area contributed by atoms with Gasteiger partial charge in [-0.3, -0.25) is 4.79 Å². The average Bonchev–Trinajstić information content (AvgIpc) is 3.64. The third-order valence-corrected chi connectivity index (χ3v) is 7.25. The van der Waals surface area contributed by atoms with E-state index in [1.807, 2.05) is 30.3 Å². The van der Waals surface area contributed by atoms with Gasteiger partial charge >= 0.3 is 5.97 Å². The fourth-order valence-electron chi connectivity index (χ4n) is 5.24. The molecule has 0 amide bonds. The molecule has 2 aromatic carbocycles. The predicted octanol–water partition coefficient (Wildman–Crippen LogP) is 4.79. The van der Waals surface area contributed by atoms with E-state index in [0.717, 1.165) is 49.4 Å². The van der Waals surface area contributed by atoms with Gasteiger partial charge in [0.05, 0.1) is 5.69 Å². The van der Waals surface area contributed by atoms with Crippen LogP contribution in [-0.2, 0) is 0 Å². The lowest BCUT2D eigenvalue weighted by molar-refractivity contribution is 0.0695. The molecule has 0 spiro atoms. The lowest BCUT2D eigenvalue weighted by Crippen LogP contribution is -2.19. The van der Waals surface area contributed by atoms with E-state index in [1.165, 1.54) is 25.1 Å². The second-order valence-electron chi connectivity index (χ2n) is 9.84. The van der Waals surface area contributed by atoms with Gasteiger partial charge in [-0.2, -0.15) is 4.98 Å². The molecule has 1 unspecified atom stereocenters. The van der Waals surface area contributed by atoms with Crippen LogP contribution in [0.3, 0.4) is 0 Å². The Morgan fingerprint density at radius 2 is 1.75 bits per heavy atom. The van der Waals surface area contributed by atoms with E-state index >= 15 is 0 Å². The van der Waals surface area contributed by atoms with E-state index in [2.05, 4.69) is 33.8 Å². The van der Waals surface area contributed by atoms with Gasteiger partial charge in [0.25, 0.3) is 6.01 Å². The number of hydrogen-bond donors (Lipinski definition) is 1. The molecule has 36 heavy (non-hydrogen) atoms. The minimum Gasteiger partial charge on any atom is -0.477 e. The molecular formula is C28H28N4O4. The van der Waals surface area contributed by atoms with Crippen molar-refractivity contribution in [1.29, 1.82) is 0 Å². The number of anilines is 2. The lowest BCUT2D eigenvalue weighted by atomic mass is 10.1. The Morgan fingerprint density at radius 3 is 2.44 bits per heavy atom. The number of pyridine rings is 1. The van der Waals surface area contributed by atoms with Crippen molar-refractivity contribution < 1.29 is 14.3 Å². The van der Waals surface area contributed by atoms with Gasteiger partial charge in [0.15, 0.2) is 11.0 Å². The fourth-order valence-corrected chi connectivity index (χ4v) is 5.24. The lowest BCUT2D eigenvalue weighted by Gasteiger charge is -2.19. The van der Waals surface area contributed by atoms with Crippen molar-refractivity contribution in [2.75, 3.05) is 36.0 Å². The third kappa shape index (κ3) is 4.02. The first-order chi connectivity index (χ1) is 17.5. The average molecular weight is 485 g/mol. The molecule has 2 aromatic heterocycles. The summed E-state index contributed by atoms with van der Waals surface area (Å²) in [5.41, 5.74) is 3.85. The van der Waals surface area contributed by atoms with Crippen molar-refractivity contribution in [3.05, 3.63) is 70.5 Å². The number of hydrogen-bond acceptors (Lipinski definition) is 6. The predicted molar refractivity (Wildman–Crippen MR) is 139 cm³/mol. The second-order valence-corrected chi connectivity index (χ2v) is 9.84. The standard InChI is InChI=1S/C28H28N4O4/c1-18-10-13-31(16-18)28-29-23-9-8-21(14-26(23)36-28)32-17-22(27(34)35)25(33)15-24(32)19-4-6-20(7-5-19)30-11-2-3-12-30/h4-9,14-15,17-18H,2-3,10-13,16H2,1H3,(H,34,35). The Labute approximate surface area is 208 Å². The van der Waals surface area contributed by atoms with Crippen LogP contribution in [0.5, 0.6) is 0 Å². The number of fused-ring (bicyclic) bond motifs is 1. The molecule has 2 aliphatic rings. The molecule has 0 radical (unpaired) electrons. The van der Waals surface area contributed by atoms with Crippen molar-refractivity contribution in [2.45, 2.75) is 26.2 Å². The van der Waals surface area contributed by atoms with Gasteiger partial charge in [-0.15, -0.1) is 0 Å². The topological polar surface area (TPSA) is 91.8 Å². The number of oxazole rings is 1. The Morgan fingerprint density at radius 1 is 1.00 bits per heavy atom. The molecule has 1 N–H and O–H groups in total. The van der Waals surface area contributed by atoms with Gasteiger partial charge in [-0.1, -0.05) is 19.1 Å². The summed E-state index contributed by atoms with van der Waals surface area (Å²) in [6, 6.07) is 15.7. The highest BCUT2D eigenvalue weighted by Gasteiger charge is 2.23. The minimum atomic E-state index is -1.25. The SMILES string of the molecule is CC1CCN(c2nc3ccc(-n4cc(C(=O)O)c(=O)cc4-c4ccc(N5CCCC5)cc4)cc3o2)C1. The molecule has 2 aliphatic heterocycles. The summed E-state index contributed by atoms with van der Waals surface area (Å²) in [5, 5.41) is 9.62. The first kappa shape index (κ1) is 22.4. The number of carbonyl (C=O) groups is 1. The zero-order valence-electron chi connectivity index (χ0n) is 20.2. The second kappa shape index (κ2) is 8.86. The maximum absolute atomic E-state index is 12.7. The Bertz CT molecular complexity index is 1500. The van der Waals surface area contributed by atoms with Crippen LogP contribution in [0, 0.1) is 5.92 Å². The molecular weight excluding hydrogens is 456 g/mol. The number of rotatable bonds is 5. The van der Waals surface area contributed by atoms with Crippen molar-refractivity contribution in [3.8, 4) is 16.9 Å². The van der Waals surface area contributed by atoms with E-state index in [1.54, 1.807) is 4.57 Å². The van der Waals surface area contributed by atoms with Crippen LogP contribution in [0.2, 0.25) is 0 Å². The van der Waals surface area contributed by atoms with Gasteiger partial charge in [-0.05, 0) is 55.0 Å². The van der Waals surface area contributed by atoms with Crippen LogP contribution in [0.1, 0.15) is 36.5 Å². The van der Waals surface area contributed by atoms with Crippen molar-refractivity contribution in [3.63, 3.8) is 0 Å². The van der Waals surface area contributed by atoms with E-state index in [-0.39, 0.29) is 5.56 Å². The highest BCUT2D eigenvalue weighted by molar-refractivity contribution is 5.88. The molecule has 4 heterocycles. The van der Waals surface area contributed by atoms with Crippen molar-refractivity contribution >= 4 is 28.8 Å². The minimum absolute atomic E-state index is 0.281. The molecule has 0 aliphatic carbocycles. The number of carboxylic acid groups (broad SMARTS) is 1. The Balaban J connectivity index is 1.43. The monoisotopic (exact) mass is 484 g/mol. The molecule has 8 heteroatoms. The Kier molecular flexibility index (Phi) is 5.51. The van der Waals surface area contributed by atoms with E-state index < -0.39 is 11.4 Å². The summed E-state index contributed by atoms with van der Waals surface area (Å²) in [5.74, 6) is -0.651. The first-order valence-electron chi connectivity index (χ1n) is 12.5. The summed E-state index contributed by atoms with van der Waals surface area (Å²) in [6.07, 6.45) is 4.90. The van der Waals surface area contributed by atoms with Crippen LogP contribution in [-0.4, -0.2) is 46.8 Å². The van der Waals surface area contributed by atoms with Gasteiger partial charge in [-0.25, -0.2) is 4.79 Å². The molecule has 1 atom stereocenters. The van der Waals surface area contributed by atoms with E-state index in [9.17, 15) is 14.7 Å². The summed E-state index contributed by atoms with van der Waals surface area (Å²) in [6.45, 7) is 6.15. The molecule has 8 nitrogen and oxygen atoms in total. The van der Waals surface area contributed by atoms with Crippen LogP contribution in [0.4, 0.5) is 11.7 Å². The van der Waals surface area contributed by atoms with Gasteiger partial charge < -0.3 is 23.9 Å². The number of carboxylic acids is 1. The molecule has 4 aromatic rings. The summed E-state index contributed by atoms with van der Waals surface area (Å²) in [4.78, 5) is 33.6. The van der Waals surface area contributed by atoms with Gasteiger partial charge in [0.1, 0.15) is 11.1 Å². The molecule has 184 valence electrons. The van der Waals surface area contributed by atoms with Crippen LogP contribution in [0.25, 0.3) is 28.0 Å². The zero-order valence-corrected chi connectivity index (χ0v) is 20.2. The smallest absolute Gasteiger partial charge is 0.341 e. The number of benzene rings is 2. The molecule has 2 saturated heterocycles. The highest BCUT2D eigenvalue weighted by atomic mass is 16.4. The highest BCUT2D eigenvalue weighted by Crippen LogP contribution is 2.31. The van der Waals surface area contributed by atoms with Gasteiger partial charge in [0.2, 0.25) is 0 Å². The number of nitrogens with zero attached hydrogens (tertiary/aromatic N) is 4. The zero-order chi connectivity index (χ0) is 24.8. The van der Waals surface area contributed by atoms with Crippen LogP contribution in [0.15, 0.2) is 63.9 Å². The van der Waals surface area contributed by atoms with Crippen molar-refractivity contribution in [2.24, 2.45) is 5.92 Å². The number of aromatic nitrogens is 2. The fraction of sp³-hybridized carbons (Fsp3) is 0.321. The maximum atomic E-state index is 12.7. The maximum Gasteiger partial charge on any atom is 0.341 e. The molecule has 6 rings (SSSR count). The molecule has 2 fully saturated rings. The molecule has 0 bridgehead atoms. The normalized spacial score (nSPS) is 17.9. The first-order valence-corrected chi connectivity index (χ1v) is 12.5. The van der Waals surface area contributed by atoms with Crippen molar-refractivity contribution in [1.82, 2.24) is 9.55 Å². The number of aromatic carboxylic acids is 1. The summed E-state index contributed by atoms with van der Waals surface area (Å²) >= 11 is 0. The van der Waals surface area contributed by atoms with E-state index in [4.69, 9.17) is 4.42 Å². The van der Waals surface area contributed by atoms with E-state index in [0.29, 0.717) is 28.9 Å². The van der Waals surface area contributed by atoms with Crippen LogP contribution < -0.4 is 15.2 Å². The quantitative estimate of drug-likeness (QED) is 0.435. The summed E-state index contributed by atoms with van der Waals surface area (Å²) < 4.78 is 7.85.